The highest BCUT2D eigenvalue weighted by molar-refractivity contribution is 5.82. The number of rotatable bonds is 3. The fourth-order valence-corrected chi connectivity index (χ4v) is 2.36. The molecule has 0 bridgehead atoms. The van der Waals surface area contributed by atoms with Crippen LogP contribution >= 0.6 is 0 Å². The lowest BCUT2D eigenvalue weighted by atomic mass is 9.86. The number of hydrogen-bond acceptors (Lipinski definition) is 2. The number of nitrogens with zero attached hydrogens (tertiary/aromatic N) is 1. The van der Waals surface area contributed by atoms with Gasteiger partial charge in [0.2, 0.25) is 5.91 Å². The first kappa shape index (κ1) is 13.5. The molecule has 1 aliphatic carbocycles. The van der Waals surface area contributed by atoms with Gasteiger partial charge in [0.05, 0.1) is 6.04 Å². The number of likely N-dealkylation sites (N-methyl/N-ethyl adjacent to an activating group) is 1. The smallest absolute Gasteiger partial charge is 0.240 e. The maximum Gasteiger partial charge on any atom is 0.240 e. The lowest BCUT2D eigenvalue weighted by molar-refractivity contribution is -0.137. The van der Waals surface area contributed by atoms with Crippen molar-refractivity contribution >= 4 is 5.91 Å². The predicted molar refractivity (Wildman–Crippen MR) is 67.1 cm³/mol. The molecule has 0 aromatic rings. The molecule has 0 saturated heterocycles. The zero-order valence-corrected chi connectivity index (χ0v) is 11.1. The minimum atomic E-state index is -0.381. The number of amides is 1. The van der Waals surface area contributed by atoms with E-state index < -0.39 is 0 Å². The summed E-state index contributed by atoms with van der Waals surface area (Å²) >= 11 is 0. The molecule has 1 saturated carbocycles. The van der Waals surface area contributed by atoms with Crippen LogP contribution in [-0.2, 0) is 4.79 Å². The molecule has 1 fully saturated rings. The fraction of sp³-hybridized carbons (Fsp3) is 0.923. The topological polar surface area (TPSA) is 46.3 Å². The van der Waals surface area contributed by atoms with Crippen molar-refractivity contribution < 1.29 is 4.79 Å². The van der Waals surface area contributed by atoms with Gasteiger partial charge in [-0.25, -0.2) is 0 Å². The standard InChI is InChI=1S/C13H26N2O/c1-5-15(10-8-6-7-9-10)12(16)11(14)13(2,3)4/h10-11H,5-9,14H2,1-4H3/t11-/m1/s1. The minimum Gasteiger partial charge on any atom is -0.339 e. The molecule has 1 aliphatic rings. The Labute approximate surface area is 99.4 Å². The first-order chi connectivity index (χ1) is 7.38. The second-order valence-corrected chi connectivity index (χ2v) is 5.91. The molecule has 0 aromatic carbocycles. The zero-order chi connectivity index (χ0) is 12.3. The van der Waals surface area contributed by atoms with Gasteiger partial charge in [0.15, 0.2) is 0 Å². The Bertz CT molecular complexity index is 239. The van der Waals surface area contributed by atoms with Crippen LogP contribution in [0.1, 0.15) is 53.4 Å². The van der Waals surface area contributed by atoms with Crippen LogP contribution in [0.4, 0.5) is 0 Å². The van der Waals surface area contributed by atoms with Gasteiger partial charge in [-0.1, -0.05) is 33.6 Å². The molecule has 0 aromatic heterocycles. The maximum absolute atomic E-state index is 12.3. The number of hydrogen-bond donors (Lipinski definition) is 1. The molecule has 3 heteroatoms. The summed E-state index contributed by atoms with van der Waals surface area (Å²) in [5, 5.41) is 0. The molecular weight excluding hydrogens is 200 g/mol. The van der Waals surface area contributed by atoms with Crippen molar-refractivity contribution in [3.63, 3.8) is 0 Å². The minimum absolute atomic E-state index is 0.127. The highest BCUT2D eigenvalue weighted by Gasteiger charge is 2.34. The van der Waals surface area contributed by atoms with Crippen molar-refractivity contribution in [3.8, 4) is 0 Å². The van der Waals surface area contributed by atoms with Crippen molar-refractivity contribution in [2.45, 2.75) is 65.5 Å². The van der Waals surface area contributed by atoms with E-state index in [0.29, 0.717) is 6.04 Å². The summed E-state index contributed by atoms with van der Waals surface area (Å²) in [4.78, 5) is 14.3. The summed E-state index contributed by atoms with van der Waals surface area (Å²) < 4.78 is 0. The highest BCUT2D eigenvalue weighted by atomic mass is 16.2. The third kappa shape index (κ3) is 2.97. The molecule has 0 radical (unpaired) electrons. The van der Waals surface area contributed by atoms with Crippen LogP contribution in [0.25, 0.3) is 0 Å². The van der Waals surface area contributed by atoms with Crippen molar-refractivity contribution in [1.29, 1.82) is 0 Å². The van der Waals surface area contributed by atoms with Gasteiger partial charge in [-0.15, -0.1) is 0 Å². The largest absolute Gasteiger partial charge is 0.339 e. The van der Waals surface area contributed by atoms with Crippen LogP contribution in [-0.4, -0.2) is 29.4 Å². The van der Waals surface area contributed by atoms with Crippen LogP contribution in [0.5, 0.6) is 0 Å². The second kappa shape index (κ2) is 5.17. The molecule has 0 unspecified atom stereocenters. The van der Waals surface area contributed by atoms with Crippen molar-refractivity contribution in [2.24, 2.45) is 11.1 Å². The molecule has 94 valence electrons. The van der Waals surface area contributed by atoms with Crippen LogP contribution < -0.4 is 5.73 Å². The van der Waals surface area contributed by atoms with Crippen molar-refractivity contribution in [1.82, 2.24) is 4.90 Å². The Kier molecular flexibility index (Phi) is 4.36. The lowest BCUT2D eigenvalue weighted by Crippen LogP contribution is -2.52. The summed E-state index contributed by atoms with van der Waals surface area (Å²) in [6.45, 7) is 8.91. The van der Waals surface area contributed by atoms with Gasteiger partial charge in [-0.3, -0.25) is 4.79 Å². The lowest BCUT2D eigenvalue weighted by Gasteiger charge is -2.34. The van der Waals surface area contributed by atoms with Gasteiger partial charge in [0, 0.05) is 12.6 Å². The summed E-state index contributed by atoms with van der Waals surface area (Å²) in [6, 6.07) is 0.0546. The molecule has 3 nitrogen and oxygen atoms in total. The van der Waals surface area contributed by atoms with E-state index in [-0.39, 0.29) is 17.4 Å². The first-order valence-electron chi connectivity index (χ1n) is 6.44. The molecule has 1 atom stereocenters. The van der Waals surface area contributed by atoms with E-state index in [1.165, 1.54) is 12.8 Å². The van der Waals surface area contributed by atoms with E-state index in [0.717, 1.165) is 19.4 Å². The molecule has 1 amide bonds. The summed E-state index contributed by atoms with van der Waals surface area (Å²) in [5.41, 5.74) is 5.90. The van der Waals surface area contributed by atoms with Gasteiger partial charge in [0.1, 0.15) is 0 Å². The van der Waals surface area contributed by atoms with Gasteiger partial charge in [-0.2, -0.15) is 0 Å². The summed E-state index contributed by atoms with van der Waals surface area (Å²) in [5.74, 6) is 0.127. The summed E-state index contributed by atoms with van der Waals surface area (Å²) in [7, 11) is 0. The van der Waals surface area contributed by atoms with Crippen LogP contribution in [0.3, 0.4) is 0 Å². The predicted octanol–water partition coefficient (Wildman–Crippen LogP) is 2.15. The quantitative estimate of drug-likeness (QED) is 0.801. The van der Waals surface area contributed by atoms with E-state index in [1.807, 2.05) is 32.6 Å². The second-order valence-electron chi connectivity index (χ2n) is 5.91. The zero-order valence-electron chi connectivity index (χ0n) is 11.1. The first-order valence-corrected chi connectivity index (χ1v) is 6.44. The van der Waals surface area contributed by atoms with Crippen LogP contribution in [0, 0.1) is 5.41 Å². The van der Waals surface area contributed by atoms with E-state index >= 15 is 0 Å². The van der Waals surface area contributed by atoms with E-state index in [1.54, 1.807) is 0 Å². The Morgan fingerprint density at radius 2 is 1.88 bits per heavy atom. The number of carbonyl (C=O) groups is 1. The normalized spacial score (nSPS) is 19.8. The van der Waals surface area contributed by atoms with Gasteiger partial charge in [-0.05, 0) is 25.2 Å². The maximum atomic E-state index is 12.3. The molecule has 16 heavy (non-hydrogen) atoms. The highest BCUT2D eigenvalue weighted by Crippen LogP contribution is 2.26. The van der Waals surface area contributed by atoms with E-state index in [2.05, 4.69) is 0 Å². The third-order valence-electron chi connectivity index (χ3n) is 3.59. The fourth-order valence-electron chi connectivity index (χ4n) is 2.36. The van der Waals surface area contributed by atoms with Crippen molar-refractivity contribution in [2.75, 3.05) is 6.54 Å². The summed E-state index contributed by atoms with van der Waals surface area (Å²) in [6.07, 6.45) is 4.80. The molecule has 2 N–H and O–H groups in total. The number of carbonyl (C=O) groups excluding carboxylic acids is 1. The average molecular weight is 226 g/mol. The Morgan fingerprint density at radius 1 is 1.38 bits per heavy atom. The molecule has 1 rings (SSSR count). The van der Waals surface area contributed by atoms with E-state index in [9.17, 15) is 4.79 Å². The van der Waals surface area contributed by atoms with Crippen LogP contribution in [0.15, 0.2) is 0 Å². The molecule has 0 aliphatic heterocycles. The molecular formula is C13H26N2O. The SMILES string of the molecule is CCN(C(=O)[C@@H](N)C(C)(C)C)C1CCCC1. The Balaban J connectivity index is 2.69. The Hall–Kier alpha value is -0.570. The number of nitrogens with two attached hydrogens (primary N) is 1. The average Bonchev–Trinajstić information content (AvgIpc) is 2.69. The van der Waals surface area contributed by atoms with Gasteiger partial charge < -0.3 is 10.6 Å². The molecule has 0 heterocycles. The monoisotopic (exact) mass is 226 g/mol. The van der Waals surface area contributed by atoms with Gasteiger partial charge >= 0.3 is 0 Å². The third-order valence-corrected chi connectivity index (χ3v) is 3.59. The van der Waals surface area contributed by atoms with Crippen LogP contribution in [0.2, 0.25) is 0 Å². The molecule has 0 spiro atoms. The van der Waals surface area contributed by atoms with E-state index in [4.69, 9.17) is 5.73 Å². The van der Waals surface area contributed by atoms with Gasteiger partial charge in [0.25, 0.3) is 0 Å². The van der Waals surface area contributed by atoms with Crippen molar-refractivity contribution in [3.05, 3.63) is 0 Å². The Morgan fingerprint density at radius 3 is 2.25 bits per heavy atom.